The number of imidazole rings is 2. The van der Waals surface area contributed by atoms with Crippen LogP contribution in [-0.2, 0) is 20.1 Å². The first-order valence-electron chi connectivity index (χ1n) is 6.98. The van der Waals surface area contributed by atoms with Gasteiger partial charge in [0.2, 0.25) is 6.33 Å². The Kier molecular flexibility index (Phi) is 6.45. The molecule has 0 radical (unpaired) electrons. The summed E-state index contributed by atoms with van der Waals surface area (Å²) in [5, 5.41) is 0. The number of allylic oxidation sites excluding steroid dienone is 4. The molecule has 0 bridgehead atoms. The van der Waals surface area contributed by atoms with Gasteiger partial charge in [0.15, 0.2) is 0 Å². The number of halogens is 2. The van der Waals surface area contributed by atoms with Crippen LogP contribution in [0, 0.1) is 11.3 Å². The average molecular weight is 341 g/mol. The Labute approximate surface area is 144 Å². The summed E-state index contributed by atoms with van der Waals surface area (Å²) in [6, 6.07) is 0. The van der Waals surface area contributed by atoms with Crippen molar-refractivity contribution in [1.82, 2.24) is 14.1 Å². The van der Waals surface area contributed by atoms with Gasteiger partial charge in [-0.25, -0.2) is 14.1 Å². The zero-order valence-electron chi connectivity index (χ0n) is 12.8. The normalized spacial score (nSPS) is 22.9. The van der Waals surface area contributed by atoms with Gasteiger partial charge in [-0.1, -0.05) is 31.2 Å². The standard InChI is InChI=1S/C16H21N4.2ClH/c1-16(12-20-10-9-18(2)14-20)6-4-3-5-15(16)11-19-8-7-17-13-19;;/h3-10,13-15H,11-12H2,1-2H3;2*1H/q+1;;/p-1. The van der Waals surface area contributed by atoms with Gasteiger partial charge >= 0.3 is 0 Å². The van der Waals surface area contributed by atoms with Gasteiger partial charge < -0.3 is 17.0 Å². The van der Waals surface area contributed by atoms with E-state index in [4.69, 9.17) is 0 Å². The van der Waals surface area contributed by atoms with Crippen molar-refractivity contribution < 1.29 is 17.0 Å². The summed E-state index contributed by atoms with van der Waals surface area (Å²) in [6.45, 7) is 4.27. The fourth-order valence-corrected chi connectivity index (χ4v) is 2.87. The Morgan fingerprint density at radius 2 is 2.05 bits per heavy atom. The zero-order valence-corrected chi connectivity index (χ0v) is 14.4. The number of aromatic nitrogens is 4. The highest BCUT2D eigenvalue weighted by molar-refractivity contribution is 5.85. The molecule has 0 spiro atoms. The maximum atomic E-state index is 4.14. The maximum Gasteiger partial charge on any atom is 0.243 e. The molecule has 0 aromatic carbocycles. The van der Waals surface area contributed by atoms with E-state index in [1.54, 1.807) is 0 Å². The first kappa shape index (κ1) is 18.5. The fourth-order valence-electron chi connectivity index (χ4n) is 2.87. The predicted octanol–water partition coefficient (Wildman–Crippen LogP) is -0.616. The van der Waals surface area contributed by atoms with Crippen LogP contribution in [0.4, 0.5) is 0 Å². The van der Waals surface area contributed by atoms with E-state index in [9.17, 15) is 0 Å². The molecule has 2 heterocycles. The van der Waals surface area contributed by atoms with Crippen LogP contribution in [0.15, 0.2) is 61.7 Å². The van der Waals surface area contributed by atoms with E-state index in [0.717, 1.165) is 13.1 Å². The largest absolute Gasteiger partial charge is 1.00 e. The summed E-state index contributed by atoms with van der Waals surface area (Å²) >= 11 is 0. The predicted molar refractivity (Wildman–Crippen MR) is 85.0 cm³/mol. The molecule has 120 valence electrons. The summed E-state index contributed by atoms with van der Waals surface area (Å²) in [5.41, 5.74) is 0.116. The van der Waals surface area contributed by atoms with Crippen LogP contribution in [0.1, 0.15) is 6.92 Å². The molecular formula is C16H22Cl2N4. The Balaban J connectivity index is 0.00000121. The van der Waals surface area contributed by atoms with Gasteiger partial charge in [-0.05, 0) is 0 Å². The van der Waals surface area contributed by atoms with Crippen LogP contribution in [-0.4, -0.2) is 14.1 Å². The van der Waals surface area contributed by atoms with Crippen LogP contribution in [0.5, 0.6) is 0 Å². The van der Waals surface area contributed by atoms with Crippen molar-refractivity contribution >= 4 is 12.4 Å². The lowest BCUT2D eigenvalue weighted by atomic mass is 9.74. The van der Waals surface area contributed by atoms with Gasteiger partial charge in [0.25, 0.3) is 0 Å². The summed E-state index contributed by atoms with van der Waals surface area (Å²) in [4.78, 5) is 4.14. The van der Waals surface area contributed by atoms with Crippen molar-refractivity contribution in [2.75, 3.05) is 0 Å². The maximum absolute atomic E-state index is 4.14. The van der Waals surface area contributed by atoms with E-state index in [-0.39, 0.29) is 30.2 Å². The molecule has 1 aliphatic rings. The fraction of sp³-hybridized carbons (Fsp3) is 0.375. The van der Waals surface area contributed by atoms with Crippen LogP contribution < -0.4 is 17.0 Å². The van der Waals surface area contributed by atoms with Crippen molar-refractivity contribution in [2.24, 2.45) is 18.4 Å². The molecule has 2 aromatic rings. The monoisotopic (exact) mass is 340 g/mol. The topological polar surface area (TPSA) is 26.6 Å². The van der Waals surface area contributed by atoms with Gasteiger partial charge in [-0.15, -0.1) is 12.4 Å². The van der Waals surface area contributed by atoms with Crippen LogP contribution in [0.25, 0.3) is 0 Å². The van der Waals surface area contributed by atoms with Gasteiger partial charge in [0.1, 0.15) is 12.4 Å². The van der Waals surface area contributed by atoms with Gasteiger partial charge in [-0.3, -0.25) is 0 Å². The summed E-state index contributed by atoms with van der Waals surface area (Å²) in [6.07, 6.45) is 21.1. The first-order chi connectivity index (χ1) is 9.66. The molecule has 3 rings (SSSR count). The van der Waals surface area contributed by atoms with Gasteiger partial charge in [0, 0.05) is 30.3 Å². The molecule has 2 aromatic heterocycles. The van der Waals surface area contributed by atoms with Crippen LogP contribution >= 0.6 is 12.4 Å². The van der Waals surface area contributed by atoms with Crippen molar-refractivity contribution in [3.05, 3.63) is 61.7 Å². The molecule has 0 N–H and O–H groups in total. The van der Waals surface area contributed by atoms with E-state index in [2.05, 4.69) is 75.7 Å². The molecule has 22 heavy (non-hydrogen) atoms. The highest BCUT2D eigenvalue weighted by Gasteiger charge is 2.34. The minimum absolute atomic E-state index is 0. The molecule has 2 atom stereocenters. The SMILES string of the molecule is C[n+]1ccn(CC2(C)C=CC=CC2Cn2ccnc2)c1.Cl.[Cl-]. The number of rotatable bonds is 4. The van der Waals surface area contributed by atoms with Crippen molar-refractivity contribution in [3.63, 3.8) is 0 Å². The third kappa shape index (κ3) is 4.02. The van der Waals surface area contributed by atoms with Crippen molar-refractivity contribution in [3.8, 4) is 0 Å². The Bertz CT molecular complexity index is 630. The highest BCUT2D eigenvalue weighted by atomic mass is 35.5. The van der Waals surface area contributed by atoms with Gasteiger partial charge in [-0.2, -0.15) is 0 Å². The summed E-state index contributed by atoms with van der Waals surface area (Å²) < 4.78 is 6.49. The first-order valence-corrected chi connectivity index (χ1v) is 6.98. The van der Waals surface area contributed by atoms with Crippen molar-refractivity contribution in [1.29, 1.82) is 0 Å². The third-order valence-electron chi connectivity index (χ3n) is 4.09. The Morgan fingerprint density at radius 1 is 1.23 bits per heavy atom. The highest BCUT2D eigenvalue weighted by Crippen LogP contribution is 2.36. The summed E-state index contributed by atoms with van der Waals surface area (Å²) in [5.74, 6) is 0.467. The molecule has 0 saturated heterocycles. The van der Waals surface area contributed by atoms with E-state index >= 15 is 0 Å². The molecule has 0 amide bonds. The molecular weight excluding hydrogens is 319 g/mol. The lowest BCUT2D eigenvalue weighted by Crippen LogP contribution is -3.00. The second kappa shape index (κ2) is 7.65. The van der Waals surface area contributed by atoms with E-state index < -0.39 is 0 Å². The number of hydrogen-bond donors (Lipinski definition) is 0. The minimum atomic E-state index is 0. The zero-order chi connectivity index (χ0) is 14.0. The molecule has 4 nitrogen and oxygen atoms in total. The van der Waals surface area contributed by atoms with E-state index in [1.807, 2.05) is 18.7 Å². The molecule has 0 saturated carbocycles. The molecule has 2 unspecified atom stereocenters. The summed E-state index contributed by atoms with van der Waals surface area (Å²) in [7, 11) is 2.05. The lowest BCUT2D eigenvalue weighted by Gasteiger charge is -2.34. The third-order valence-corrected chi connectivity index (χ3v) is 4.09. The quantitative estimate of drug-likeness (QED) is 0.682. The second-order valence-corrected chi connectivity index (χ2v) is 5.87. The smallest absolute Gasteiger partial charge is 0.243 e. The van der Waals surface area contributed by atoms with Crippen LogP contribution in [0.3, 0.4) is 0 Å². The number of aryl methyl sites for hydroxylation is 1. The minimum Gasteiger partial charge on any atom is -1.00 e. The average Bonchev–Trinajstić information content (AvgIpc) is 3.04. The lowest BCUT2D eigenvalue weighted by molar-refractivity contribution is -0.671. The Hall–Kier alpha value is -1.52. The van der Waals surface area contributed by atoms with Crippen molar-refractivity contribution in [2.45, 2.75) is 20.0 Å². The molecule has 6 heteroatoms. The van der Waals surface area contributed by atoms with E-state index in [1.165, 1.54) is 0 Å². The van der Waals surface area contributed by atoms with Crippen LogP contribution in [0.2, 0.25) is 0 Å². The Morgan fingerprint density at radius 3 is 2.68 bits per heavy atom. The molecule has 0 aliphatic heterocycles. The van der Waals surface area contributed by atoms with Gasteiger partial charge in [0.05, 0.1) is 19.9 Å². The molecule has 1 aliphatic carbocycles. The van der Waals surface area contributed by atoms with E-state index in [0.29, 0.717) is 5.92 Å². The number of hydrogen-bond acceptors (Lipinski definition) is 1. The molecule has 0 fully saturated rings. The number of nitrogens with zero attached hydrogens (tertiary/aromatic N) is 4. The second-order valence-electron chi connectivity index (χ2n) is 5.87.